The molecule has 21 heavy (non-hydrogen) atoms. The van der Waals surface area contributed by atoms with Crippen LogP contribution in [0.15, 0.2) is 24.3 Å². The fourth-order valence-electron chi connectivity index (χ4n) is 5.02. The van der Waals surface area contributed by atoms with Crippen molar-refractivity contribution in [3.05, 3.63) is 30.1 Å². The summed E-state index contributed by atoms with van der Waals surface area (Å²) in [5, 5.41) is 2.93. The van der Waals surface area contributed by atoms with Gasteiger partial charge in [-0.3, -0.25) is 4.79 Å². The second-order valence-electron chi connectivity index (χ2n) is 7.27. The van der Waals surface area contributed by atoms with Crippen LogP contribution in [0.1, 0.15) is 33.1 Å². The second kappa shape index (κ2) is 3.86. The number of hydrogen-bond donors (Lipinski definition) is 1. The maximum atomic E-state index is 13.0. The summed E-state index contributed by atoms with van der Waals surface area (Å²) >= 11 is 0. The number of anilines is 1. The standard InChI is InChI=1S/C17H20FNO2/c1-15-10-21-17(9-11(15)7-8-16(15,17)2)14(20)19-13-5-3-12(18)4-6-13/h3-6,11H,7-10H2,1-2H3,(H,19,20)/t11-,15-,16-,17+/m1/s1. The van der Waals surface area contributed by atoms with Crippen molar-refractivity contribution < 1.29 is 13.9 Å². The smallest absolute Gasteiger partial charge is 0.257 e. The molecule has 1 saturated heterocycles. The van der Waals surface area contributed by atoms with Crippen LogP contribution < -0.4 is 5.32 Å². The lowest BCUT2D eigenvalue weighted by molar-refractivity contribution is -0.149. The van der Waals surface area contributed by atoms with Gasteiger partial charge in [0.2, 0.25) is 0 Å². The average Bonchev–Trinajstić information content (AvgIpc) is 2.93. The molecule has 112 valence electrons. The van der Waals surface area contributed by atoms with Crippen molar-refractivity contribution in [2.75, 3.05) is 11.9 Å². The van der Waals surface area contributed by atoms with Crippen molar-refractivity contribution in [3.63, 3.8) is 0 Å². The van der Waals surface area contributed by atoms with E-state index in [1.54, 1.807) is 12.1 Å². The lowest BCUT2D eigenvalue weighted by Crippen LogP contribution is -2.52. The number of ether oxygens (including phenoxy) is 1. The summed E-state index contributed by atoms with van der Waals surface area (Å²) in [6.07, 6.45) is 3.06. The minimum atomic E-state index is -0.709. The lowest BCUT2D eigenvalue weighted by atomic mass is 9.66. The third-order valence-electron chi connectivity index (χ3n) is 6.67. The van der Waals surface area contributed by atoms with Crippen LogP contribution in [0.5, 0.6) is 0 Å². The van der Waals surface area contributed by atoms with Crippen molar-refractivity contribution in [2.45, 2.75) is 38.7 Å². The van der Waals surface area contributed by atoms with Crippen LogP contribution in [0.3, 0.4) is 0 Å². The number of hydrogen-bond acceptors (Lipinski definition) is 2. The minimum absolute atomic E-state index is 0.0671. The molecule has 4 atom stereocenters. The molecule has 0 radical (unpaired) electrons. The van der Waals surface area contributed by atoms with E-state index in [9.17, 15) is 9.18 Å². The first kappa shape index (κ1) is 13.3. The van der Waals surface area contributed by atoms with Crippen molar-refractivity contribution in [2.24, 2.45) is 16.7 Å². The first-order chi connectivity index (χ1) is 9.91. The van der Waals surface area contributed by atoms with Gasteiger partial charge >= 0.3 is 0 Å². The van der Waals surface area contributed by atoms with Crippen LogP contribution in [0, 0.1) is 22.6 Å². The third kappa shape index (κ3) is 1.39. The number of nitrogens with one attached hydrogen (secondary N) is 1. The van der Waals surface area contributed by atoms with Crippen molar-refractivity contribution >= 4 is 11.6 Å². The zero-order valence-electron chi connectivity index (χ0n) is 12.4. The van der Waals surface area contributed by atoms with Gasteiger partial charge in [-0.25, -0.2) is 4.39 Å². The van der Waals surface area contributed by atoms with E-state index in [1.165, 1.54) is 18.6 Å². The Morgan fingerprint density at radius 3 is 2.67 bits per heavy atom. The van der Waals surface area contributed by atoms with Gasteiger partial charge in [0.05, 0.1) is 6.61 Å². The molecule has 0 unspecified atom stereocenters. The molecule has 1 aromatic carbocycles. The highest BCUT2D eigenvalue weighted by molar-refractivity contribution is 5.99. The number of amides is 1. The fraction of sp³-hybridized carbons (Fsp3) is 0.588. The Balaban J connectivity index is 1.65. The summed E-state index contributed by atoms with van der Waals surface area (Å²) in [4.78, 5) is 12.9. The van der Waals surface area contributed by atoms with Gasteiger partial charge in [-0.2, -0.15) is 0 Å². The summed E-state index contributed by atoms with van der Waals surface area (Å²) in [7, 11) is 0. The molecule has 4 bridgehead atoms. The Bertz CT molecular complexity index is 616. The van der Waals surface area contributed by atoms with Gasteiger partial charge in [-0.1, -0.05) is 13.8 Å². The molecule has 4 heteroatoms. The Morgan fingerprint density at radius 2 is 2.05 bits per heavy atom. The topological polar surface area (TPSA) is 38.3 Å². The average molecular weight is 289 g/mol. The summed E-state index contributed by atoms with van der Waals surface area (Å²) in [5.74, 6) is 0.209. The lowest BCUT2D eigenvalue weighted by Gasteiger charge is -2.39. The fourth-order valence-corrected chi connectivity index (χ4v) is 5.02. The molecule has 0 aromatic heterocycles. The van der Waals surface area contributed by atoms with Crippen LogP contribution in [0.25, 0.3) is 0 Å². The van der Waals surface area contributed by atoms with E-state index >= 15 is 0 Å². The molecule has 1 aromatic rings. The predicted octanol–water partition coefficient (Wildman–Crippen LogP) is 3.36. The largest absolute Gasteiger partial charge is 0.364 e. The van der Waals surface area contributed by atoms with Gasteiger partial charge < -0.3 is 10.1 Å². The summed E-state index contributed by atoms with van der Waals surface area (Å²) in [6.45, 7) is 5.15. The van der Waals surface area contributed by atoms with Crippen molar-refractivity contribution in [3.8, 4) is 0 Å². The Hall–Kier alpha value is -1.42. The van der Waals surface area contributed by atoms with E-state index in [0.29, 0.717) is 18.2 Å². The van der Waals surface area contributed by atoms with Crippen LogP contribution in [-0.2, 0) is 9.53 Å². The number of carbonyl (C=O) groups excluding carboxylic acids is 1. The normalized spacial score (nSPS) is 43.3. The summed E-state index contributed by atoms with van der Waals surface area (Å²) in [5.41, 5.74) is -0.0552. The monoisotopic (exact) mass is 289 g/mol. The third-order valence-corrected chi connectivity index (χ3v) is 6.67. The number of rotatable bonds is 2. The molecule has 3 nitrogen and oxygen atoms in total. The molecule has 1 aliphatic heterocycles. The molecular weight excluding hydrogens is 269 g/mol. The number of benzene rings is 1. The van der Waals surface area contributed by atoms with Crippen LogP contribution in [0.2, 0.25) is 0 Å². The van der Waals surface area contributed by atoms with Crippen LogP contribution in [-0.4, -0.2) is 18.1 Å². The van der Waals surface area contributed by atoms with Gasteiger partial charge in [-0.15, -0.1) is 0 Å². The highest BCUT2D eigenvalue weighted by atomic mass is 19.1. The van der Waals surface area contributed by atoms with Crippen LogP contribution >= 0.6 is 0 Å². The Kier molecular flexibility index (Phi) is 2.44. The maximum Gasteiger partial charge on any atom is 0.257 e. The van der Waals surface area contributed by atoms with Gasteiger partial charge in [0.25, 0.3) is 5.91 Å². The maximum absolute atomic E-state index is 13.0. The van der Waals surface area contributed by atoms with Gasteiger partial charge in [0, 0.05) is 16.5 Å². The van der Waals surface area contributed by atoms with Gasteiger partial charge in [-0.05, 0) is 49.4 Å². The predicted molar refractivity (Wildman–Crippen MR) is 77.3 cm³/mol. The van der Waals surface area contributed by atoms with E-state index in [0.717, 1.165) is 12.8 Å². The van der Waals surface area contributed by atoms with E-state index in [2.05, 4.69) is 19.2 Å². The van der Waals surface area contributed by atoms with Crippen molar-refractivity contribution in [1.29, 1.82) is 0 Å². The van der Waals surface area contributed by atoms with E-state index in [1.807, 2.05) is 0 Å². The Morgan fingerprint density at radius 1 is 1.33 bits per heavy atom. The van der Waals surface area contributed by atoms with E-state index < -0.39 is 5.60 Å². The van der Waals surface area contributed by atoms with Gasteiger partial charge in [0.15, 0.2) is 5.60 Å². The van der Waals surface area contributed by atoms with E-state index in [-0.39, 0.29) is 22.6 Å². The molecule has 2 saturated carbocycles. The molecule has 3 fully saturated rings. The van der Waals surface area contributed by atoms with Crippen LogP contribution in [0.4, 0.5) is 10.1 Å². The van der Waals surface area contributed by atoms with Crippen molar-refractivity contribution in [1.82, 2.24) is 0 Å². The summed E-state index contributed by atoms with van der Waals surface area (Å²) in [6, 6.07) is 5.89. The first-order valence-electron chi connectivity index (χ1n) is 7.62. The molecular formula is C17H20FNO2. The van der Waals surface area contributed by atoms with Gasteiger partial charge in [0.1, 0.15) is 5.82 Å². The first-order valence-corrected chi connectivity index (χ1v) is 7.62. The van der Waals surface area contributed by atoms with E-state index in [4.69, 9.17) is 4.74 Å². The molecule has 0 spiro atoms. The molecule has 4 rings (SSSR count). The number of carbonyl (C=O) groups is 1. The zero-order chi connectivity index (χ0) is 14.9. The zero-order valence-corrected chi connectivity index (χ0v) is 12.4. The quantitative estimate of drug-likeness (QED) is 0.906. The molecule has 2 aliphatic carbocycles. The molecule has 1 amide bonds. The highest BCUT2D eigenvalue weighted by Gasteiger charge is 2.78. The second-order valence-corrected chi connectivity index (χ2v) is 7.27. The minimum Gasteiger partial charge on any atom is -0.364 e. The molecule has 1 heterocycles. The summed E-state index contributed by atoms with van der Waals surface area (Å²) < 4.78 is 19.0. The Labute approximate surface area is 123 Å². The molecule has 3 aliphatic rings. The molecule has 1 N–H and O–H groups in total. The SMILES string of the molecule is C[C@]12CC[C@@H]3C[C@@]1(C(=O)Nc1ccc(F)cc1)OC[C@]32C. The number of halogens is 1. The highest BCUT2D eigenvalue weighted by Crippen LogP contribution is 2.75.